The highest BCUT2D eigenvalue weighted by atomic mass is 35.5. The van der Waals surface area contributed by atoms with Crippen molar-refractivity contribution < 1.29 is 9.18 Å². The first-order valence-electron chi connectivity index (χ1n) is 7.58. The summed E-state index contributed by atoms with van der Waals surface area (Å²) in [6.45, 7) is 1.97. The van der Waals surface area contributed by atoms with Gasteiger partial charge in [-0.2, -0.15) is 0 Å². The summed E-state index contributed by atoms with van der Waals surface area (Å²) in [6, 6.07) is 15.0. The van der Waals surface area contributed by atoms with Gasteiger partial charge in [0, 0.05) is 17.6 Å². The van der Waals surface area contributed by atoms with E-state index >= 15 is 0 Å². The zero-order valence-corrected chi connectivity index (χ0v) is 14.1. The molecule has 0 radical (unpaired) electrons. The van der Waals surface area contributed by atoms with Crippen LogP contribution in [0.2, 0.25) is 5.02 Å². The minimum Gasteiger partial charge on any atom is -0.340 e. The number of benzene rings is 2. The van der Waals surface area contributed by atoms with Gasteiger partial charge in [0.2, 0.25) is 0 Å². The van der Waals surface area contributed by atoms with Gasteiger partial charge in [0.25, 0.3) is 5.91 Å². The normalized spacial score (nSPS) is 10.4. The zero-order valence-electron chi connectivity index (χ0n) is 13.4. The first-order chi connectivity index (χ1) is 12.0. The molecular formula is C19H15ClFN3O. The Morgan fingerprint density at radius 3 is 2.52 bits per heavy atom. The molecule has 0 aliphatic heterocycles. The van der Waals surface area contributed by atoms with Crippen molar-refractivity contribution in [1.29, 1.82) is 0 Å². The third kappa shape index (κ3) is 4.14. The lowest BCUT2D eigenvalue weighted by Gasteiger charge is -2.12. The Balaban J connectivity index is 1.83. The molecule has 1 amide bonds. The van der Waals surface area contributed by atoms with Gasteiger partial charge in [0.15, 0.2) is 0 Å². The Kier molecular flexibility index (Phi) is 4.95. The van der Waals surface area contributed by atoms with Gasteiger partial charge in [0.05, 0.1) is 10.6 Å². The fourth-order valence-electron chi connectivity index (χ4n) is 2.23. The highest BCUT2D eigenvalue weighted by Gasteiger charge is 2.13. The maximum absolute atomic E-state index is 13.3. The first kappa shape index (κ1) is 16.9. The van der Waals surface area contributed by atoms with E-state index < -0.39 is 5.82 Å². The molecular weight excluding hydrogens is 341 g/mol. The van der Waals surface area contributed by atoms with Crippen molar-refractivity contribution in [2.75, 3.05) is 10.6 Å². The van der Waals surface area contributed by atoms with Gasteiger partial charge in [-0.05, 0) is 49.4 Å². The van der Waals surface area contributed by atoms with Crippen LogP contribution >= 0.6 is 11.6 Å². The number of hydrogen-bond donors (Lipinski definition) is 2. The molecule has 0 saturated carbocycles. The Labute approximate surface area is 149 Å². The largest absolute Gasteiger partial charge is 0.340 e. The molecule has 3 rings (SSSR count). The third-order valence-electron chi connectivity index (χ3n) is 3.54. The second kappa shape index (κ2) is 7.32. The monoisotopic (exact) mass is 355 g/mol. The standard InChI is InChI=1S/C19H15ClFN3O/c1-12-4-6-13(7-5-12)24-19(25)15-3-2-10-22-18(15)23-14-8-9-17(21)16(20)11-14/h2-11H,1H3,(H,22,23)(H,24,25). The smallest absolute Gasteiger partial charge is 0.259 e. The Hall–Kier alpha value is -2.92. The molecule has 0 spiro atoms. The molecule has 0 unspecified atom stereocenters. The van der Waals surface area contributed by atoms with E-state index in [1.807, 2.05) is 31.2 Å². The van der Waals surface area contributed by atoms with Crippen molar-refractivity contribution in [3.63, 3.8) is 0 Å². The molecule has 3 aromatic rings. The van der Waals surface area contributed by atoms with Gasteiger partial charge < -0.3 is 10.6 Å². The highest BCUT2D eigenvalue weighted by Crippen LogP contribution is 2.24. The molecule has 25 heavy (non-hydrogen) atoms. The maximum atomic E-state index is 13.3. The van der Waals surface area contributed by atoms with Crippen LogP contribution in [-0.4, -0.2) is 10.9 Å². The Morgan fingerprint density at radius 1 is 1.08 bits per heavy atom. The molecule has 1 heterocycles. The van der Waals surface area contributed by atoms with E-state index in [0.29, 0.717) is 22.8 Å². The molecule has 6 heteroatoms. The predicted octanol–water partition coefficient (Wildman–Crippen LogP) is 5.18. The van der Waals surface area contributed by atoms with Gasteiger partial charge in [-0.1, -0.05) is 29.3 Å². The van der Waals surface area contributed by atoms with Gasteiger partial charge in [0.1, 0.15) is 11.6 Å². The van der Waals surface area contributed by atoms with E-state index in [2.05, 4.69) is 15.6 Å². The van der Waals surface area contributed by atoms with Crippen LogP contribution in [0.1, 0.15) is 15.9 Å². The molecule has 0 aliphatic rings. The summed E-state index contributed by atoms with van der Waals surface area (Å²) in [5, 5.41) is 5.81. The van der Waals surface area contributed by atoms with Crippen LogP contribution in [-0.2, 0) is 0 Å². The van der Waals surface area contributed by atoms with Crippen LogP contribution in [0.4, 0.5) is 21.6 Å². The van der Waals surface area contributed by atoms with E-state index in [4.69, 9.17) is 11.6 Å². The summed E-state index contributed by atoms with van der Waals surface area (Å²) >= 11 is 5.79. The molecule has 0 atom stereocenters. The number of rotatable bonds is 4. The highest BCUT2D eigenvalue weighted by molar-refractivity contribution is 6.31. The summed E-state index contributed by atoms with van der Waals surface area (Å²) in [5.41, 5.74) is 2.70. The number of amides is 1. The zero-order chi connectivity index (χ0) is 17.8. The average Bonchev–Trinajstić information content (AvgIpc) is 2.60. The SMILES string of the molecule is Cc1ccc(NC(=O)c2cccnc2Nc2ccc(F)c(Cl)c2)cc1. The van der Waals surface area contributed by atoms with E-state index in [1.165, 1.54) is 18.2 Å². The molecule has 4 nitrogen and oxygen atoms in total. The first-order valence-corrected chi connectivity index (χ1v) is 7.96. The quantitative estimate of drug-likeness (QED) is 0.678. The maximum Gasteiger partial charge on any atom is 0.259 e. The number of pyridine rings is 1. The van der Waals surface area contributed by atoms with Gasteiger partial charge in [-0.3, -0.25) is 4.79 Å². The topological polar surface area (TPSA) is 54.0 Å². The number of carbonyl (C=O) groups is 1. The van der Waals surface area contributed by atoms with Crippen LogP contribution in [0.25, 0.3) is 0 Å². The molecule has 0 fully saturated rings. The minimum absolute atomic E-state index is 0.00779. The summed E-state index contributed by atoms with van der Waals surface area (Å²) < 4.78 is 13.3. The number of aryl methyl sites for hydroxylation is 1. The number of anilines is 3. The minimum atomic E-state index is -0.509. The van der Waals surface area contributed by atoms with Crippen molar-refractivity contribution in [1.82, 2.24) is 4.98 Å². The van der Waals surface area contributed by atoms with E-state index in [9.17, 15) is 9.18 Å². The number of nitrogens with zero attached hydrogens (tertiary/aromatic N) is 1. The second-order valence-corrected chi connectivity index (χ2v) is 5.88. The van der Waals surface area contributed by atoms with Crippen LogP contribution in [0, 0.1) is 12.7 Å². The van der Waals surface area contributed by atoms with Crippen LogP contribution < -0.4 is 10.6 Å². The number of halogens is 2. The van der Waals surface area contributed by atoms with E-state index in [-0.39, 0.29) is 10.9 Å². The summed E-state index contributed by atoms with van der Waals surface area (Å²) in [6.07, 6.45) is 1.57. The van der Waals surface area contributed by atoms with Gasteiger partial charge in [-0.25, -0.2) is 9.37 Å². The molecule has 0 bridgehead atoms. The summed E-state index contributed by atoms with van der Waals surface area (Å²) in [7, 11) is 0. The number of hydrogen-bond acceptors (Lipinski definition) is 3. The molecule has 126 valence electrons. The number of aromatic nitrogens is 1. The predicted molar refractivity (Wildman–Crippen MR) is 98.1 cm³/mol. The van der Waals surface area contributed by atoms with E-state index in [1.54, 1.807) is 18.3 Å². The molecule has 2 N–H and O–H groups in total. The average molecular weight is 356 g/mol. The third-order valence-corrected chi connectivity index (χ3v) is 3.83. The summed E-state index contributed by atoms with van der Waals surface area (Å²) in [5.74, 6) is -0.451. The molecule has 1 aromatic heterocycles. The molecule has 0 aliphatic carbocycles. The molecule has 2 aromatic carbocycles. The van der Waals surface area contributed by atoms with Crippen molar-refractivity contribution in [3.05, 3.63) is 82.8 Å². The van der Waals surface area contributed by atoms with Gasteiger partial charge >= 0.3 is 0 Å². The van der Waals surface area contributed by atoms with Gasteiger partial charge in [-0.15, -0.1) is 0 Å². The van der Waals surface area contributed by atoms with Crippen molar-refractivity contribution in [2.24, 2.45) is 0 Å². The second-order valence-electron chi connectivity index (χ2n) is 5.47. The van der Waals surface area contributed by atoms with E-state index in [0.717, 1.165) is 5.56 Å². The van der Waals surface area contributed by atoms with Crippen LogP contribution in [0.15, 0.2) is 60.8 Å². The summed E-state index contributed by atoms with van der Waals surface area (Å²) in [4.78, 5) is 16.7. The number of carbonyl (C=O) groups excluding carboxylic acids is 1. The Morgan fingerprint density at radius 2 is 1.80 bits per heavy atom. The van der Waals surface area contributed by atoms with Crippen LogP contribution in [0.3, 0.4) is 0 Å². The Bertz CT molecular complexity index is 913. The number of nitrogens with one attached hydrogen (secondary N) is 2. The van der Waals surface area contributed by atoms with Crippen molar-refractivity contribution in [2.45, 2.75) is 6.92 Å². The lowest BCUT2D eigenvalue weighted by Crippen LogP contribution is -2.14. The molecule has 0 saturated heterocycles. The fourth-order valence-corrected chi connectivity index (χ4v) is 2.41. The lowest BCUT2D eigenvalue weighted by atomic mass is 10.2. The van der Waals surface area contributed by atoms with Crippen molar-refractivity contribution in [3.8, 4) is 0 Å². The van der Waals surface area contributed by atoms with Crippen LogP contribution in [0.5, 0.6) is 0 Å². The van der Waals surface area contributed by atoms with Crippen molar-refractivity contribution >= 4 is 34.7 Å². The fraction of sp³-hybridized carbons (Fsp3) is 0.0526. The lowest BCUT2D eigenvalue weighted by molar-refractivity contribution is 0.102.